The first-order valence-corrected chi connectivity index (χ1v) is 10.7. The van der Waals surface area contributed by atoms with Gasteiger partial charge in [0.15, 0.2) is 0 Å². The number of hydrogen-bond donors (Lipinski definition) is 0. The fourth-order valence-electron chi connectivity index (χ4n) is 1.25. The summed E-state index contributed by atoms with van der Waals surface area (Å²) >= 11 is 2.15. The zero-order chi connectivity index (χ0) is 11.0. The first kappa shape index (κ1) is 14.2. The Bertz CT molecular complexity index is 163. The second-order valence-corrected chi connectivity index (χ2v) is 14.4. The largest absolute Gasteiger partial charge is 0.296 e. The SMILES string of the molecule is CCCC/C=N/CC(C)S[Si](C)(C)C. The van der Waals surface area contributed by atoms with Crippen LogP contribution in [0.15, 0.2) is 4.99 Å². The molecule has 0 aliphatic rings. The van der Waals surface area contributed by atoms with Gasteiger partial charge in [-0.25, -0.2) is 0 Å². The van der Waals surface area contributed by atoms with Crippen LogP contribution in [-0.2, 0) is 0 Å². The third-order valence-corrected chi connectivity index (χ3v) is 6.32. The third kappa shape index (κ3) is 10.3. The Labute approximate surface area is 94.4 Å². The topological polar surface area (TPSA) is 12.4 Å². The number of unbranched alkanes of at least 4 members (excludes halogenated alkanes) is 2. The van der Waals surface area contributed by atoms with Crippen LogP contribution in [-0.4, -0.2) is 25.2 Å². The molecule has 84 valence electrons. The van der Waals surface area contributed by atoms with E-state index < -0.39 is 7.22 Å². The van der Waals surface area contributed by atoms with Gasteiger partial charge in [-0.05, 0) is 19.1 Å². The zero-order valence-electron chi connectivity index (χ0n) is 10.3. The lowest BCUT2D eigenvalue weighted by Crippen LogP contribution is -2.20. The Balaban J connectivity index is 3.53. The lowest BCUT2D eigenvalue weighted by molar-refractivity contribution is 0.837. The van der Waals surface area contributed by atoms with Gasteiger partial charge < -0.3 is 0 Å². The standard InChI is InChI=1S/C11H25NSSi/c1-6-7-8-9-12-10-11(2)13-14(3,4)5/h9,11H,6-8,10H2,1-5H3/b12-9+. The molecule has 0 aliphatic heterocycles. The van der Waals surface area contributed by atoms with Gasteiger partial charge in [-0.3, -0.25) is 4.99 Å². The van der Waals surface area contributed by atoms with E-state index in [1.165, 1.54) is 12.8 Å². The Hall–Kier alpha value is 0.237. The predicted octanol–water partition coefficient (Wildman–Crippen LogP) is 4.20. The average molecular weight is 231 g/mol. The van der Waals surface area contributed by atoms with Gasteiger partial charge in [0.05, 0.1) is 0 Å². The van der Waals surface area contributed by atoms with Gasteiger partial charge in [0.1, 0.15) is 7.22 Å². The van der Waals surface area contributed by atoms with Crippen LogP contribution in [0.25, 0.3) is 0 Å². The lowest BCUT2D eigenvalue weighted by atomic mass is 10.3. The molecule has 0 heterocycles. The summed E-state index contributed by atoms with van der Waals surface area (Å²) in [6.45, 7) is 12.7. The highest BCUT2D eigenvalue weighted by molar-refractivity contribution is 8.29. The normalized spacial score (nSPS) is 14.9. The molecule has 0 saturated heterocycles. The van der Waals surface area contributed by atoms with Crippen molar-refractivity contribution < 1.29 is 0 Å². The predicted molar refractivity (Wildman–Crippen MR) is 73.3 cm³/mol. The van der Waals surface area contributed by atoms with Crippen molar-refractivity contribution in [2.45, 2.75) is 58.0 Å². The molecule has 14 heavy (non-hydrogen) atoms. The monoisotopic (exact) mass is 231 g/mol. The van der Waals surface area contributed by atoms with Crippen molar-refractivity contribution in [1.82, 2.24) is 0 Å². The van der Waals surface area contributed by atoms with E-state index in [4.69, 9.17) is 0 Å². The van der Waals surface area contributed by atoms with Crippen LogP contribution in [0.1, 0.15) is 33.1 Å². The summed E-state index contributed by atoms with van der Waals surface area (Å²) in [5.41, 5.74) is 0. The molecule has 0 aromatic heterocycles. The second-order valence-electron chi connectivity index (χ2n) is 4.73. The molecule has 0 aromatic carbocycles. The molecule has 0 fully saturated rings. The van der Waals surface area contributed by atoms with Crippen molar-refractivity contribution in [3.05, 3.63) is 0 Å². The van der Waals surface area contributed by atoms with Crippen molar-refractivity contribution in [3.8, 4) is 0 Å². The summed E-state index contributed by atoms with van der Waals surface area (Å²) in [5.74, 6) is 0. The summed E-state index contributed by atoms with van der Waals surface area (Å²) in [6, 6.07) is 0. The smallest absolute Gasteiger partial charge is 0.108 e. The fraction of sp³-hybridized carbons (Fsp3) is 0.909. The number of hydrogen-bond acceptors (Lipinski definition) is 2. The quantitative estimate of drug-likeness (QED) is 0.363. The second kappa shape index (κ2) is 7.52. The van der Waals surface area contributed by atoms with E-state index in [0.29, 0.717) is 5.25 Å². The zero-order valence-corrected chi connectivity index (χ0v) is 12.2. The first-order chi connectivity index (χ1) is 6.45. The van der Waals surface area contributed by atoms with Gasteiger partial charge >= 0.3 is 0 Å². The Morgan fingerprint density at radius 1 is 1.36 bits per heavy atom. The van der Waals surface area contributed by atoms with Crippen molar-refractivity contribution in [2.24, 2.45) is 4.99 Å². The number of aliphatic imine (C=N–C) groups is 1. The van der Waals surface area contributed by atoms with E-state index in [1.54, 1.807) is 0 Å². The minimum atomic E-state index is -0.953. The molecule has 0 amide bonds. The van der Waals surface area contributed by atoms with Crippen molar-refractivity contribution in [3.63, 3.8) is 0 Å². The molecule has 3 heteroatoms. The minimum absolute atomic E-state index is 0.694. The molecule has 0 aliphatic carbocycles. The lowest BCUT2D eigenvalue weighted by Gasteiger charge is -2.19. The van der Waals surface area contributed by atoms with Crippen LogP contribution in [0, 0.1) is 0 Å². The summed E-state index contributed by atoms with van der Waals surface area (Å²) in [6.07, 6.45) is 5.80. The fourth-order valence-corrected chi connectivity index (χ4v) is 6.46. The van der Waals surface area contributed by atoms with E-state index >= 15 is 0 Å². The Morgan fingerprint density at radius 3 is 2.50 bits per heavy atom. The number of nitrogens with zero attached hydrogens (tertiary/aromatic N) is 1. The minimum Gasteiger partial charge on any atom is -0.296 e. The maximum Gasteiger partial charge on any atom is 0.108 e. The molecule has 1 nitrogen and oxygen atoms in total. The average Bonchev–Trinajstić information content (AvgIpc) is 2.00. The van der Waals surface area contributed by atoms with Gasteiger partial charge in [0.25, 0.3) is 0 Å². The molecule has 0 aromatic rings. The van der Waals surface area contributed by atoms with Gasteiger partial charge in [-0.2, -0.15) is 11.2 Å². The maximum atomic E-state index is 4.47. The van der Waals surface area contributed by atoms with Crippen LogP contribution < -0.4 is 0 Å². The van der Waals surface area contributed by atoms with Crippen molar-refractivity contribution in [1.29, 1.82) is 0 Å². The molecule has 0 spiro atoms. The van der Waals surface area contributed by atoms with Gasteiger partial charge in [-0.1, -0.05) is 39.9 Å². The van der Waals surface area contributed by atoms with E-state index in [2.05, 4.69) is 55.9 Å². The molecule has 0 saturated carbocycles. The summed E-state index contributed by atoms with van der Waals surface area (Å²) in [5, 5.41) is 0.694. The first-order valence-electron chi connectivity index (χ1n) is 5.62. The van der Waals surface area contributed by atoms with Crippen LogP contribution in [0.2, 0.25) is 19.6 Å². The summed E-state index contributed by atoms with van der Waals surface area (Å²) in [4.78, 5) is 4.47. The Kier molecular flexibility index (Phi) is 7.65. The van der Waals surface area contributed by atoms with E-state index in [0.717, 1.165) is 13.0 Å². The van der Waals surface area contributed by atoms with Crippen LogP contribution in [0.4, 0.5) is 0 Å². The molecule has 1 unspecified atom stereocenters. The van der Waals surface area contributed by atoms with Crippen LogP contribution in [0.5, 0.6) is 0 Å². The molecule has 1 atom stereocenters. The maximum absolute atomic E-state index is 4.47. The highest BCUT2D eigenvalue weighted by atomic mass is 32.4. The van der Waals surface area contributed by atoms with E-state index in [9.17, 15) is 0 Å². The molecular formula is C11H25NSSi. The summed E-state index contributed by atoms with van der Waals surface area (Å²) in [7, 11) is -0.953. The molecule has 0 rings (SSSR count). The third-order valence-electron chi connectivity index (χ3n) is 1.73. The van der Waals surface area contributed by atoms with Crippen molar-refractivity contribution in [2.75, 3.05) is 6.54 Å². The number of rotatable bonds is 7. The van der Waals surface area contributed by atoms with Gasteiger partial charge in [-0.15, -0.1) is 0 Å². The molecule has 0 radical (unpaired) electrons. The Morgan fingerprint density at radius 2 is 2.00 bits per heavy atom. The van der Waals surface area contributed by atoms with Crippen LogP contribution in [0.3, 0.4) is 0 Å². The summed E-state index contributed by atoms with van der Waals surface area (Å²) < 4.78 is 0. The van der Waals surface area contributed by atoms with Crippen molar-refractivity contribution >= 4 is 24.6 Å². The molecule has 0 N–H and O–H groups in total. The van der Waals surface area contributed by atoms with Gasteiger partial charge in [0, 0.05) is 11.8 Å². The molecule has 0 bridgehead atoms. The van der Waals surface area contributed by atoms with Crippen LogP contribution >= 0.6 is 11.2 Å². The molecular weight excluding hydrogens is 206 g/mol. The van der Waals surface area contributed by atoms with E-state index in [1.807, 2.05) is 0 Å². The highest BCUT2D eigenvalue weighted by Gasteiger charge is 2.17. The highest BCUT2D eigenvalue weighted by Crippen LogP contribution is 2.24. The van der Waals surface area contributed by atoms with E-state index in [-0.39, 0.29) is 0 Å². The van der Waals surface area contributed by atoms with Gasteiger partial charge in [0.2, 0.25) is 0 Å².